The van der Waals surface area contributed by atoms with Gasteiger partial charge in [-0.05, 0) is 30.5 Å². The summed E-state index contributed by atoms with van der Waals surface area (Å²) in [6, 6.07) is 6.27. The molecular formula is C12H15FN2O. The van der Waals surface area contributed by atoms with Crippen LogP contribution in [0.4, 0.5) is 4.39 Å². The Kier molecular flexibility index (Phi) is 3.51. The van der Waals surface area contributed by atoms with E-state index in [4.69, 9.17) is 0 Å². The molecule has 1 aliphatic heterocycles. The molecule has 1 aromatic rings. The Labute approximate surface area is 94.0 Å². The molecule has 0 saturated carbocycles. The van der Waals surface area contributed by atoms with Crippen LogP contribution in [-0.2, 0) is 11.3 Å². The van der Waals surface area contributed by atoms with Crippen molar-refractivity contribution in [2.75, 3.05) is 6.54 Å². The SMILES string of the molecule is O=C1NCCCC1NCc1cccc(F)c1. The van der Waals surface area contributed by atoms with Gasteiger partial charge in [0, 0.05) is 13.1 Å². The van der Waals surface area contributed by atoms with Crippen molar-refractivity contribution in [2.45, 2.75) is 25.4 Å². The first-order valence-electron chi connectivity index (χ1n) is 5.51. The zero-order valence-electron chi connectivity index (χ0n) is 9.00. The number of carbonyl (C=O) groups excluding carboxylic acids is 1. The molecule has 1 aromatic carbocycles. The number of halogens is 1. The van der Waals surface area contributed by atoms with E-state index >= 15 is 0 Å². The van der Waals surface area contributed by atoms with E-state index in [0.29, 0.717) is 6.54 Å². The van der Waals surface area contributed by atoms with E-state index < -0.39 is 0 Å². The smallest absolute Gasteiger partial charge is 0.237 e. The first kappa shape index (κ1) is 11.1. The van der Waals surface area contributed by atoms with Gasteiger partial charge in [-0.1, -0.05) is 12.1 Å². The third-order valence-electron chi connectivity index (χ3n) is 2.73. The van der Waals surface area contributed by atoms with Crippen molar-refractivity contribution in [1.29, 1.82) is 0 Å². The fraction of sp³-hybridized carbons (Fsp3) is 0.417. The quantitative estimate of drug-likeness (QED) is 0.806. The molecule has 1 aliphatic rings. The van der Waals surface area contributed by atoms with E-state index in [0.717, 1.165) is 24.9 Å². The molecule has 0 spiro atoms. The molecule has 0 radical (unpaired) electrons. The number of carbonyl (C=O) groups is 1. The van der Waals surface area contributed by atoms with Gasteiger partial charge < -0.3 is 10.6 Å². The second-order valence-electron chi connectivity index (χ2n) is 4.00. The largest absolute Gasteiger partial charge is 0.355 e. The highest BCUT2D eigenvalue weighted by Crippen LogP contribution is 2.06. The summed E-state index contributed by atoms with van der Waals surface area (Å²) in [7, 11) is 0. The van der Waals surface area contributed by atoms with Crippen LogP contribution < -0.4 is 10.6 Å². The summed E-state index contributed by atoms with van der Waals surface area (Å²) in [6.07, 6.45) is 1.84. The van der Waals surface area contributed by atoms with Gasteiger partial charge in [0.25, 0.3) is 0 Å². The number of piperidine rings is 1. The highest BCUT2D eigenvalue weighted by atomic mass is 19.1. The summed E-state index contributed by atoms with van der Waals surface area (Å²) >= 11 is 0. The molecule has 1 fully saturated rings. The second-order valence-corrected chi connectivity index (χ2v) is 4.00. The van der Waals surface area contributed by atoms with Crippen LogP contribution in [0.25, 0.3) is 0 Å². The van der Waals surface area contributed by atoms with Crippen molar-refractivity contribution in [1.82, 2.24) is 10.6 Å². The van der Waals surface area contributed by atoms with Crippen LogP contribution in [0.3, 0.4) is 0 Å². The summed E-state index contributed by atoms with van der Waals surface area (Å²) in [5.74, 6) is -0.199. The highest BCUT2D eigenvalue weighted by molar-refractivity contribution is 5.82. The van der Waals surface area contributed by atoms with Crippen LogP contribution in [0, 0.1) is 5.82 Å². The summed E-state index contributed by atoms with van der Waals surface area (Å²) in [5, 5.41) is 5.94. The lowest BCUT2D eigenvalue weighted by atomic mass is 10.1. The predicted octanol–water partition coefficient (Wildman–Crippen LogP) is 1.19. The molecule has 0 bridgehead atoms. The van der Waals surface area contributed by atoms with Gasteiger partial charge in [-0.3, -0.25) is 4.79 Å². The molecule has 86 valence electrons. The molecule has 1 unspecified atom stereocenters. The minimum atomic E-state index is -0.243. The molecule has 2 N–H and O–H groups in total. The number of hydrogen-bond acceptors (Lipinski definition) is 2. The number of amides is 1. The molecule has 1 saturated heterocycles. The fourth-order valence-corrected chi connectivity index (χ4v) is 1.85. The monoisotopic (exact) mass is 222 g/mol. The summed E-state index contributed by atoms with van der Waals surface area (Å²) in [5.41, 5.74) is 0.860. The van der Waals surface area contributed by atoms with Gasteiger partial charge >= 0.3 is 0 Å². The van der Waals surface area contributed by atoms with Crippen LogP contribution in [0.1, 0.15) is 18.4 Å². The van der Waals surface area contributed by atoms with Crippen molar-refractivity contribution in [3.05, 3.63) is 35.6 Å². The van der Waals surface area contributed by atoms with Crippen LogP contribution in [0.5, 0.6) is 0 Å². The maximum atomic E-state index is 12.9. The Balaban J connectivity index is 1.89. The Morgan fingerprint density at radius 3 is 3.12 bits per heavy atom. The van der Waals surface area contributed by atoms with E-state index in [1.54, 1.807) is 6.07 Å². The summed E-state index contributed by atoms with van der Waals surface area (Å²) < 4.78 is 12.9. The predicted molar refractivity (Wildman–Crippen MR) is 59.3 cm³/mol. The van der Waals surface area contributed by atoms with E-state index in [9.17, 15) is 9.18 Å². The van der Waals surface area contributed by atoms with Gasteiger partial charge in [-0.15, -0.1) is 0 Å². The second kappa shape index (κ2) is 5.07. The Morgan fingerprint density at radius 1 is 1.50 bits per heavy atom. The molecule has 1 amide bonds. The van der Waals surface area contributed by atoms with Gasteiger partial charge in [-0.25, -0.2) is 4.39 Å². The first-order chi connectivity index (χ1) is 7.75. The van der Waals surface area contributed by atoms with Crippen LogP contribution in [-0.4, -0.2) is 18.5 Å². The van der Waals surface area contributed by atoms with Crippen molar-refractivity contribution in [3.8, 4) is 0 Å². The number of rotatable bonds is 3. The average molecular weight is 222 g/mol. The lowest BCUT2D eigenvalue weighted by Crippen LogP contribution is -2.47. The van der Waals surface area contributed by atoms with E-state index in [1.807, 2.05) is 6.07 Å². The third-order valence-corrected chi connectivity index (χ3v) is 2.73. The molecule has 4 heteroatoms. The van der Waals surface area contributed by atoms with Gasteiger partial charge in [0.2, 0.25) is 5.91 Å². The Bertz CT molecular complexity index is 381. The Hall–Kier alpha value is -1.42. The molecule has 1 heterocycles. The van der Waals surface area contributed by atoms with Gasteiger partial charge in [0.1, 0.15) is 5.82 Å². The molecule has 3 nitrogen and oxygen atoms in total. The van der Waals surface area contributed by atoms with Crippen molar-refractivity contribution in [3.63, 3.8) is 0 Å². The molecule has 16 heavy (non-hydrogen) atoms. The topological polar surface area (TPSA) is 41.1 Å². The minimum absolute atomic E-state index is 0.0441. The molecular weight excluding hydrogens is 207 g/mol. The number of benzene rings is 1. The number of hydrogen-bond donors (Lipinski definition) is 2. The average Bonchev–Trinajstić information content (AvgIpc) is 2.28. The summed E-state index contributed by atoms with van der Waals surface area (Å²) in [6.45, 7) is 1.28. The van der Waals surface area contributed by atoms with E-state index in [1.165, 1.54) is 12.1 Å². The van der Waals surface area contributed by atoms with Gasteiger partial charge in [0.05, 0.1) is 6.04 Å². The van der Waals surface area contributed by atoms with Crippen molar-refractivity contribution < 1.29 is 9.18 Å². The van der Waals surface area contributed by atoms with Crippen LogP contribution in [0.2, 0.25) is 0 Å². The molecule has 2 rings (SSSR count). The normalized spacial score (nSPS) is 20.6. The van der Waals surface area contributed by atoms with Gasteiger partial charge in [0.15, 0.2) is 0 Å². The zero-order chi connectivity index (χ0) is 11.4. The summed E-state index contributed by atoms with van der Waals surface area (Å²) in [4.78, 5) is 11.4. The molecule has 0 aromatic heterocycles. The molecule has 0 aliphatic carbocycles. The minimum Gasteiger partial charge on any atom is -0.355 e. The zero-order valence-corrected chi connectivity index (χ0v) is 9.00. The third kappa shape index (κ3) is 2.79. The highest BCUT2D eigenvalue weighted by Gasteiger charge is 2.20. The fourth-order valence-electron chi connectivity index (χ4n) is 1.85. The molecule has 1 atom stereocenters. The lowest BCUT2D eigenvalue weighted by molar-refractivity contribution is -0.124. The van der Waals surface area contributed by atoms with Gasteiger partial charge in [-0.2, -0.15) is 0 Å². The maximum Gasteiger partial charge on any atom is 0.237 e. The number of nitrogens with one attached hydrogen (secondary N) is 2. The van der Waals surface area contributed by atoms with Crippen molar-refractivity contribution in [2.24, 2.45) is 0 Å². The van der Waals surface area contributed by atoms with Crippen LogP contribution in [0.15, 0.2) is 24.3 Å². The Morgan fingerprint density at radius 2 is 2.38 bits per heavy atom. The van der Waals surface area contributed by atoms with Crippen molar-refractivity contribution >= 4 is 5.91 Å². The van der Waals surface area contributed by atoms with E-state index in [2.05, 4.69) is 10.6 Å². The lowest BCUT2D eigenvalue weighted by Gasteiger charge is -2.22. The standard InChI is InChI=1S/C12H15FN2O/c13-10-4-1-3-9(7-10)8-15-11-5-2-6-14-12(11)16/h1,3-4,7,11,15H,2,5-6,8H2,(H,14,16). The maximum absolute atomic E-state index is 12.9. The van der Waals surface area contributed by atoms with E-state index in [-0.39, 0.29) is 17.8 Å². The van der Waals surface area contributed by atoms with Crippen LogP contribution >= 0.6 is 0 Å². The first-order valence-corrected chi connectivity index (χ1v) is 5.51.